The lowest BCUT2D eigenvalue weighted by atomic mass is 10.1. The van der Waals surface area contributed by atoms with Crippen LogP contribution in [0.2, 0.25) is 0 Å². The fraction of sp³-hybridized carbons (Fsp3) is 0.350. The van der Waals surface area contributed by atoms with Gasteiger partial charge in [-0.15, -0.1) is 0 Å². The van der Waals surface area contributed by atoms with E-state index in [0.717, 1.165) is 24.5 Å². The number of carbonyl (C=O) groups is 1. The number of benzene rings is 2. The monoisotopic (exact) mass is 323 g/mol. The Labute approximate surface area is 143 Å². The van der Waals surface area contributed by atoms with E-state index in [1.54, 1.807) is 0 Å². The van der Waals surface area contributed by atoms with Crippen LogP contribution in [0.1, 0.15) is 24.0 Å². The zero-order chi connectivity index (χ0) is 16.9. The van der Waals surface area contributed by atoms with Crippen molar-refractivity contribution in [2.24, 2.45) is 0 Å². The van der Waals surface area contributed by atoms with Crippen LogP contribution in [-0.2, 0) is 4.79 Å². The van der Waals surface area contributed by atoms with Gasteiger partial charge >= 0.3 is 0 Å². The molecule has 0 spiro atoms. The summed E-state index contributed by atoms with van der Waals surface area (Å²) in [6.45, 7) is 6.67. The molecule has 0 bridgehead atoms. The number of amides is 1. The second-order valence-corrected chi connectivity index (χ2v) is 6.44. The summed E-state index contributed by atoms with van der Waals surface area (Å²) in [5, 5.41) is 6.10. The highest BCUT2D eigenvalue weighted by Gasteiger charge is 2.12. The van der Waals surface area contributed by atoms with Crippen LogP contribution in [0.5, 0.6) is 0 Å². The Balaban J connectivity index is 1.51. The maximum atomic E-state index is 12.1. The summed E-state index contributed by atoms with van der Waals surface area (Å²) in [5.41, 5.74) is 5.52. The van der Waals surface area contributed by atoms with Crippen LogP contribution in [0.3, 0.4) is 0 Å². The largest absolute Gasteiger partial charge is 0.376 e. The Bertz CT molecular complexity index is 703. The highest BCUT2D eigenvalue weighted by atomic mass is 16.1. The third-order valence-corrected chi connectivity index (χ3v) is 4.58. The molecule has 0 unspecified atom stereocenters. The fourth-order valence-electron chi connectivity index (χ4n) is 2.97. The molecule has 1 amide bonds. The van der Waals surface area contributed by atoms with Crippen molar-refractivity contribution in [1.82, 2.24) is 0 Å². The SMILES string of the molecule is Cc1ccc(NCC(=O)Nc2ccc(N3CCCC3)cc2)cc1C. The summed E-state index contributed by atoms with van der Waals surface area (Å²) < 4.78 is 0. The van der Waals surface area contributed by atoms with Gasteiger partial charge in [-0.1, -0.05) is 6.07 Å². The Morgan fingerprint density at radius 1 is 0.958 bits per heavy atom. The first kappa shape index (κ1) is 16.4. The van der Waals surface area contributed by atoms with Gasteiger partial charge in [0.15, 0.2) is 0 Å². The molecule has 24 heavy (non-hydrogen) atoms. The highest BCUT2D eigenvalue weighted by Crippen LogP contribution is 2.22. The van der Waals surface area contributed by atoms with Gasteiger partial charge in [-0.25, -0.2) is 0 Å². The molecule has 1 saturated heterocycles. The topological polar surface area (TPSA) is 44.4 Å². The molecule has 0 radical (unpaired) electrons. The minimum Gasteiger partial charge on any atom is -0.376 e. The highest BCUT2D eigenvalue weighted by molar-refractivity contribution is 5.93. The molecule has 2 N–H and O–H groups in total. The van der Waals surface area contributed by atoms with Gasteiger partial charge in [0.05, 0.1) is 6.54 Å². The quantitative estimate of drug-likeness (QED) is 0.875. The molecule has 1 aliphatic heterocycles. The van der Waals surface area contributed by atoms with Gasteiger partial charge in [-0.2, -0.15) is 0 Å². The molecule has 4 nitrogen and oxygen atoms in total. The van der Waals surface area contributed by atoms with Gasteiger partial charge in [0.1, 0.15) is 0 Å². The Morgan fingerprint density at radius 2 is 1.62 bits per heavy atom. The Hall–Kier alpha value is -2.49. The predicted octanol–water partition coefficient (Wildman–Crippen LogP) is 3.95. The summed E-state index contributed by atoms with van der Waals surface area (Å²) in [5.74, 6) is -0.0397. The molecule has 4 heteroatoms. The van der Waals surface area contributed by atoms with Crippen LogP contribution in [0.15, 0.2) is 42.5 Å². The molecule has 3 rings (SSSR count). The van der Waals surface area contributed by atoms with Crippen LogP contribution >= 0.6 is 0 Å². The van der Waals surface area contributed by atoms with Gasteiger partial charge in [-0.3, -0.25) is 4.79 Å². The lowest BCUT2D eigenvalue weighted by molar-refractivity contribution is -0.114. The third-order valence-electron chi connectivity index (χ3n) is 4.58. The van der Waals surface area contributed by atoms with Crippen molar-refractivity contribution in [2.75, 3.05) is 35.2 Å². The van der Waals surface area contributed by atoms with E-state index in [1.807, 2.05) is 18.2 Å². The predicted molar refractivity (Wildman–Crippen MR) is 101 cm³/mol. The van der Waals surface area contributed by atoms with Gasteiger partial charge in [0, 0.05) is 30.2 Å². The van der Waals surface area contributed by atoms with Crippen LogP contribution in [0.25, 0.3) is 0 Å². The molecule has 2 aromatic rings. The first-order valence-corrected chi connectivity index (χ1v) is 8.58. The van der Waals surface area contributed by atoms with E-state index < -0.39 is 0 Å². The molecule has 0 aromatic heterocycles. The van der Waals surface area contributed by atoms with Gasteiger partial charge in [-0.05, 0) is 74.2 Å². The molecule has 0 saturated carbocycles. The van der Waals surface area contributed by atoms with E-state index in [2.05, 4.69) is 53.6 Å². The zero-order valence-corrected chi connectivity index (χ0v) is 14.4. The molecule has 1 aliphatic rings. The van der Waals surface area contributed by atoms with Crippen molar-refractivity contribution in [3.8, 4) is 0 Å². The Morgan fingerprint density at radius 3 is 2.29 bits per heavy atom. The number of hydrogen-bond donors (Lipinski definition) is 2. The van der Waals surface area contributed by atoms with Crippen molar-refractivity contribution < 1.29 is 4.79 Å². The molecule has 1 fully saturated rings. The molecular formula is C20H25N3O. The molecule has 2 aromatic carbocycles. The summed E-state index contributed by atoms with van der Waals surface area (Å²) >= 11 is 0. The first-order chi connectivity index (χ1) is 11.6. The summed E-state index contributed by atoms with van der Waals surface area (Å²) in [7, 11) is 0. The number of carbonyl (C=O) groups excluding carboxylic acids is 1. The molecule has 0 atom stereocenters. The van der Waals surface area contributed by atoms with Crippen LogP contribution in [0.4, 0.5) is 17.1 Å². The van der Waals surface area contributed by atoms with E-state index in [0.29, 0.717) is 0 Å². The molecule has 1 heterocycles. The van der Waals surface area contributed by atoms with Crippen LogP contribution in [-0.4, -0.2) is 25.5 Å². The van der Waals surface area contributed by atoms with E-state index in [1.165, 1.54) is 29.7 Å². The minimum atomic E-state index is -0.0397. The average Bonchev–Trinajstić information content (AvgIpc) is 3.11. The minimum absolute atomic E-state index is 0.0397. The number of nitrogens with one attached hydrogen (secondary N) is 2. The number of aryl methyl sites for hydroxylation is 2. The number of rotatable bonds is 5. The zero-order valence-electron chi connectivity index (χ0n) is 14.4. The summed E-state index contributed by atoms with van der Waals surface area (Å²) in [6, 6.07) is 14.2. The molecule has 0 aliphatic carbocycles. The van der Waals surface area contributed by atoms with Crippen molar-refractivity contribution in [1.29, 1.82) is 0 Å². The van der Waals surface area contributed by atoms with E-state index in [-0.39, 0.29) is 12.5 Å². The van der Waals surface area contributed by atoms with Crippen molar-refractivity contribution >= 4 is 23.0 Å². The van der Waals surface area contributed by atoms with E-state index in [9.17, 15) is 4.79 Å². The van der Waals surface area contributed by atoms with Crippen molar-refractivity contribution in [3.63, 3.8) is 0 Å². The normalized spacial score (nSPS) is 13.8. The average molecular weight is 323 g/mol. The second-order valence-electron chi connectivity index (χ2n) is 6.44. The standard InChI is InChI=1S/C20H25N3O/c1-15-5-6-18(13-16(15)2)21-14-20(24)22-17-7-9-19(10-8-17)23-11-3-4-12-23/h5-10,13,21H,3-4,11-12,14H2,1-2H3,(H,22,24). The number of anilines is 3. The summed E-state index contributed by atoms with van der Waals surface area (Å²) in [6.07, 6.45) is 2.53. The van der Waals surface area contributed by atoms with E-state index >= 15 is 0 Å². The Kier molecular flexibility index (Phi) is 5.04. The van der Waals surface area contributed by atoms with Crippen molar-refractivity contribution in [3.05, 3.63) is 53.6 Å². The van der Waals surface area contributed by atoms with Gasteiger partial charge < -0.3 is 15.5 Å². The molecule has 126 valence electrons. The number of hydrogen-bond acceptors (Lipinski definition) is 3. The van der Waals surface area contributed by atoms with Gasteiger partial charge in [0.25, 0.3) is 0 Å². The second kappa shape index (κ2) is 7.39. The lowest BCUT2D eigenvalue weighted by Gasteiger charge is -2.17. The van der Waals surface area contributed by atoms with Gasteiger partial charge in [0.2, 0.25) is 5.91 Å². The smallest absolute Gasteiger partial charge is 0.243 e. The van der Waals surface area contributed by atoms with Crippen molar-refractivity contribution in [2.45, 2.75) is 26.7 Å². The number of nitrogens with zero attached hydrogens (tertiary/aromatic N) is 1. The van der Waals surface area contributed by atoms with Crippen LogP contribution in [0, 0.1) is 13.8 Å². The fourth-order valence-corrected chi connectivity index (χ4v) is 2.97. The third kappa shape index (κ3) is 4.07. The maximum absolute atomic E-state index is 12.1. The van der Waals surface area contributed by atoms with Crippen LogP contribution < -0.4 is 15.5 Å². The van der Waals surface area contributed by atoms with E-state index in [4.69, 9.17) is 0 Å². The summed E-state index contributed by atoms with van der Waals surface area (Å²) in [4.78, 5) is 14.5. The maximum Gasteiger partial charge on any atom is 0.243 e. The first-order valence-electron chi connectivity index (χ1n) is 8.58. The molecular weight excluding hydrogens is 298 g/mol. The lowest BCUT2D eigenvalue weighted by Crippen LogP contribution is -2.22.